The molecule has 26 heavy (non-hydrogen) atoms. The fourth-order valence-corrected chi connectivity index (χ4v) is 3.96. The van der Waals surface area contributed by atoms with Crippen LogP contribution in [0.1, 0.15) is 60.6 Å². The smallest absolute Gasteiger partial charge is 0.343 e. The summed E-state index contributed by atoms with van der Waals surface area (Å²) in [7, 11) is 1.33. The molecule has 0 atom stereocenters. The van der Waals surface area contributed by atoms with Gasteiger partial charge in [-0.2, -0.15) is 5.10 Å². The number of methoxy groups -OCH3 is 1. The normalized spacial score (nSPS) is 16.1. The molecule has 3 aromatic rings. The van der Waals surface area contributed by atoms with Gasteiger partial charge in [-0.1, -0.05) is 25.7 Å². The highest BCUT2D eigenvalue weighted by atomic mass is 16.5. The van der Waals surface area contributed by atoms with Crippen LogP contribution in [0.3, 0.4) is 0 Å². The number of nitrogens with zero attached hydrogens (tertiary/aromatic N) is 4. The number of aromatic nitrogens is 4. The summed E-state index contributed by atoms with van der Waals surface area (Å²) in [6.45, 7) is 1.74. The average molecular weight is 354 g/mol. The van der Waals surface area contributed by atoms with Crippen molar-refractivity contribution in [2.75, 3.05) is 7.11 Å². The summed E-state index contributed by atoms with van der Waals surface area (Å²) >= 11 is 0. The summed E-state index contributed by atoms with van der Waals surface area (Å²) < 4.78 is 8.24. The molecule has 0 amide bonds. The Balaban J connectivity index is 1.90. The largest absolute Gasteiger partial charge is 0.465 e. The van der Waals surface area contributed by atoms with E-state index >= 15 is 0 Å². The van der Waals surface area contributed by atoms with E-state index in [0.29, 0.717) is 27.8 Å². The van der Waals surface area contributed by atoms with E-state index in [1.165, 1.54) is 20.0 Å². The summed E-state index contributed by atoms with van der Waals surface area (Å²) in [5.74, 6) is -0.476. The van der Waals surface area contributed by atoms with Crippen molar-refractivity contribution in [3.05, 3.63) is 40.1 Å². The van der Waals surface area contributed by atoms with E-state index in [2.05, 4.69) is 10.1 Å². The monoisotopic (exact) mass is 354 g/mol. The van der Waals surface area contributed by atoms with E-state index in [9.17, 15) is 9.59 Å². The van der Waals surface area contributed by atoms with Crippen LogP contribution in [0.5, 0.6) is 0 Å². The molecule has 1 fully saturated rings. The molecule has 0 unspecified atom stereocenters. The van der Waals surface area contributed by atoms with Crippen LogP contribution in [0.2, 0.25) is 0 Å². The molecule has 7 heteroatoms. The van der Waals surface area contributed by atoms with Gasteiger partial charge in [0.1, 0.15) is 5.56 Å². The molecule has 0 bridgehead atoms. The zero-order valence-electron chi connectivity index (χ0n) is 15.1. The topological polar surface area (TPSA) is 78.5 Å². The number of esters is 1. The van der Waals surface area contributed by atoms with Crippen molar-refractivity contribution < 1.29 is 9.53 Å². The maximum Gasteiger partial charge on any atom is 0.343 e. The number of hydrogen-bond acceptors (Lipinski definition) is 5. The van der Waals surface area contributed by atoms with Crippen LogP contribution in [-0.2, 0) is 4.74 Å². The number of aryl methyl sites for hydroxylation is 1. The van der Waals surface area contributed by atoms with Crippen LogP contribution in [0.15, 0.2) is 23.3 Å². The lowest BCUT2D eigenvalue weighted by Crippen LogP contribution is -2.24. The van der Waals surface area contributed by atoms with E-state index in [1.54, 1.807) is 17.6 Å². The number of carbonyl (C=O) groups excluding carboxylic acids is 1. The molecule has 1 aliphatic rings. The van der Waals surface area contributed by atoms with Gasteiger partial charge in [-0.25, -0.2) is 14.3 Å². The van der Waals surface area contributed by atoms with Crippen molar-refractivity contribution in [1.82, 2.24) is 19.2 Å². The lowest BCUT2D eigenvalue weighted by molar-refractivity contribution is 0.0602. The number of carbonyl (C=O) groups is 1. The number of fused-ring (bicyclic) bond motifs is 3. The summed E-state index contributed by atoms with van der Waals surface area (Å²) in [6, 6.07) is 2.14. The van der Waals surface area contributed by atoms with Crippen LogP contribution in [0.4, 0.5) is 0 Å². The van der Waals surface area contributed by atoms with Crippen molar-refractivity contribution in [1.29, 1.82) is 0 Å². The Hall–Kier alpha value is -2.70. The van der Waals surface area contributed by atoms with Crippen LogP contribution < -0.4 is 5.56 Å². The van der Waals surface area contributed by atoms with Gasteiger partial charge in [-0.05, 0) is 25.8 Å². The van der Waals surface area contributed by atoms with Gasteiger partial charge in [0.15, 0.2) is 5.65 Å². The summed E-state index contributed by atoms with van der Waals surface area (Å²) in [4.78, 5) is 29.4. The molecule has 0 aliphatic heterocycles. The molecule has 0 saturated heterocycles. The lowest BCUT2D eigenvalue weighted by atomic mass is 10.1. The molecular formula is C19H22N4O3. The first-order valence-corrected chi connectivity index (χ1v) is 9.09. The first-order chi connectivity index (χ1) is 12.6. The van der Waals surface area contributed by atoms with Gasteiger partial charge in [0.05, 0.1) is 23.7 Å². The van der Waals surface area contributed by atoms with Gasteiger partial charge in [-0.15, -0.1) is 0 Å². The Morgan fingerprint density at radius 2 is 1.96 bits per heavy atom. The molecule has 1 saturated carbocycles. The predicted molar refractivity (Wildman–Crippen MR) is 97.6 cm³/mol. The third-order valence-electron chi connectivity index (χ3n) is 5.32. The fraction of sp³-hybridized carbons (Fsp3) is 0.474. The number of hydrogen-bond donors (Lipinski definition) is 0. The lowest BCUT2D eigenvalue weighted by Gasteiger charge is -2.18. The minimum atomic E-state index is -0.476. The standard InChI is InChI=1S/C19H22N4O3/c1-12-16(19(25)26-2)17-20-11-14-15(23(17)21-12)9-10-22(18(14)24)13-7-5-3-4-6-8-13/h9-11,13H,3-8H2,1-2H3. The highest BCUT2D eigenvalue weighted by Gasteiger charge is 2.22. The van der Waals surface area contributed by atoms with Crippen molar-refractivity contribution in [3.8, 4) is 0 Å². The van der Waals surface area contributed by atoms with Crippen molar-refractivity contribution in [2.24, 2.45) is 0 Å². The highest BCUT2D eigenvalue weighted by molar-refractivity contribution is 5.98. The number of rotatable bonds is 2. The minimum Gasteiger partial charge on any atom is -0.465 e. The SMILES string of the molecule is COC(=O)c1c(C)nn2c1ncc1c(=O)n(C3CCCCCC3)ccc12. The third kappa shape index (κ3) is 2.58. The van der Waals surface area contributed by atoms with Gasteiger partial charge >= 0.3 is 5.97 Å². The van der Waals surface area contributed by atoms with Crippen molar-refractivity contribution >= 4 is 22.5 Å². The number of pyridine rings is 1. The maximum atomic E-state index is 13.1. The van der Waals surface area contributed by atoms with Crippen LogP contribution >= 0.6 is 0 Å². The molecule has 0 aromatic carbocycles. The van der Waals surface area contributed by atoms with E-state index in [-0.39, 0.29) is 11.6 Å². The Bertz CT molecular complexity index is 1040. The van der Waals surface area contributed by atoms with Crippen LogP contribution in [0, 0.1) is 6.92 Å². The van der Waals surface area contributed by atoms with Crippen molar-refractivity contribution in [2.45, 2.75) is 51.5 Å². The van der Waals surface area contributed by atoms with Gasteiger partial charge in [0.25, 0.3) is 5.56 Å². The van der Waals surface area contributed by atoms with Gasteiger partial charge in [-0.3, -0.25) is 4.79 Å². The quantitative estimate of drug-likeness (QED) is 0.522. The zero-order chi connectivity index (χ0) is 18.3. The molecular weight excluding hydrogens is 332 g/mol. The summed E-state index contributed by atoms with van der Waals surface area (Å²) in [5, 5.41) is 4.93. The fourth-order valence-electron chi connectivity index (χ4n) is 3.96. The Kier molecular flexibility index (Phi) is 4.22. The Morgan fingerprint density at radius 1 is 1.23 bits per heavy atom. The highest BCUT2D eigenvalue weighted by Crippen LogP contribution is 2.27. The molecule has 4 rings (SSSR count). The van der Waals surface area contributed by atoms with E-state index < -0.39 is 5.97 Å². The molecule has 136 valence electrons. The van der Waals surface area contributed by atoms with Gasteiger partial charge < -0.3 is 9.30 Å². The second kappa shape index (κ2) is 6.55. The summed E-state index contributed by atoms with van der Waals surface area (Å²) in [6.07, 6.45) is 10.3. The van der Waals surface area contributed by atoms with Crippen LogP contribution in [-0.4, -0.2) is 32.2 Å². The zero-order valence-corrected chi connectivity index (χ0v) is 15.1. The first kappa shape index (κ1) is 16.8. The number of ether oxygens (including phenoxy) is 1. The molecule has 7 nitrogen and oxygen atoms in total. The molecule has 0 N–H and O–H groups in total. The maximum absolute atomic E-state index is 13.1. The van der Waals surface area contributed by atoms with E-state index in [0.717, 1.165) is 25.7 Å². The second-order valence-electron chi connectivity index (χ2n) is 6.92. The van der Waals surface area contributed by atoms with E-state index in [4.69, 9.17) is 4.74 Å². The second-order valence-corrected chi connectivity index (χ2v) is 6.92. The third-order valence-corrected chi connectivity index (χ3v) is 5.32. The minimum absolute atomic E-state index is 0.0448. The molecule has 0 radical (unpaired) electrons. The summed E-state index contributed by atoms with van der Waals surface area (Å²) in [5.41, 5.74) is 1.89. The van der Waals surface area contributed by atoms with Crippen LogP contribution in [0.25, 0.3) is 16.6 Å². The molecule has 1 aliphatic carbocycles. The van der Waals surface area contributed by atoms with Crippen molar-refractivity contribution in [3.63, 3.8) is 0 Å². The predicted octanol–water partition coefficient (Wildman–Crippen LogP) is 3.03. The van der Waals surface area contributed by atoms with Gasteiger partial charge in [0.2, 0.25) is 0 Å². The molecule has 3 aromatic heterocycles. The first-order valence-electron chi connectivity index (χ1n) is 9.09. The Labute approximate surface area is 150 Å². The molecule has 3 heterocycles. The van der Waals surface area contributed by atoms with Gasteiger partial charge in [0, 0.05) is 18.4 Å². The molecule has 0 spiro atoms. The average Bonchev–Trinajstić information content (AvgIpc) is 2.82. The van der Waals surface area contributed by atoms with E-state index in [1.807, 2.05) is 16.8 Å². The Morgan fingerprint density at radius 3 is 2.65 bits per heavy atom.